The summed E-state index contributed by atoms with van der Waals surface area (Å²) < 4.78 is 5.50. The molecule has 0 saturated carbocycles. The summed E-state index contributed by atoms with van der Waals surface area (Å²) in [4.78, 5) is 7.32. The van der Waals surface area contributed by atoms with Crippen molar-refractivity contribution in [1.82, 2.24) is 20.9 Å². The summed E-state index contributed by atoms with van der Waals surface area (Å²) in [5.74, 6) is 1.71. The van der Waals surface area contributed by atoms with E-state index in [9.17, 15) is 0 Å². The van der Waals surface area contributed by atoms with Crippen LogP contribution in [0.2, 0.25) is 0 Å². The fourth-order valence-corrected chi connectivity index (χ4v) is 3.46. The fourth-order valence-electron chi connectivity index (χ4n) is 3.46. The predicted octanol–water partition coefficient (Wildman–Crippen LogP) is 1.43. The second kappa shape index (κ2) is 10.3. The number of ether oxygens (including phenoxy) is 1. The summed E-state index contributed by atoms with van der Waals surface area (Å²) in [7, 11) is 0. The van der Waals surface area contributed by atoms with Crippen LogP contribution in [-0.2, 0) is 4.74 Å². The minimum Gasteiger partial charge on any atom is -0.381 e. The Morgan fingerprint density at radius 2 is 1.96 bits per heavy atom. The van der Waals surface area contributed by atoms with Gasteiger partial charge in [-0.2, -0.15) is 0 Å². The molecule has 0 spiro atoms. The maximum Gasteiger partial charge on any atom is 0.191 e. The molecule has 2 heterocycles. The zero-order chi connectivity index (χ0) is 18.1. The van der Waals surface area contributed by atoms with Gasteiger partial charge in [-0.25, -0.2) is 0 Å². The normalized spacial score (nSPS) is 23.8. The molecule has 6 nitrogen and oxygen atoms in total. The maximum atomic E-state index is 5.50. The standard InChI is InChI=1S/C19H39N5O/c1-5-20-18(21-9-10-22-19(2,3)4)23-17-6-11-24(12-7-17)14-16-8-13-25-15-16/h16-17,22H,5-15H2,1-4H3,(H2,20,21,23). The maximum absolute atomic E-state index is 5.50. The average Bonchev–Trinajstić information content (AvgIpc) is 3.05. The zero-order valence-corrected chi connectivity index (χ0v) is 16.7. The second-order valence-electron chi connectivity index (χ2n) is 8.39. The molecule has 0 aromatic rings. The van der Waals surface area contributed by atoms with Crippen molar-refractivity contribution in [3.63, 3.8) is 0 Å². The number of rotatable bonds is 7. The van der Waals surface area contributed by atoms with Gasteiger partial charge in [-0.1, -0.05) is 0 Å². The Labute approximate surface area is 154 Å². The van der Waals surface area contributed by atoms with E-state index < -0.39 is 0 Å². The molecule has 0 radical (unpaired) electrons. The van der Waals surface area contributed by atoms with E-state index in [1.165, 1.54) is 38.9 Å². The van der Waals surface area contributed by atoms with E-state index in [2.05, 4.69) is 48.5 Å². The quantitative estimate of drug-likeness (QED) is 0.367. The fraction of sp³-hybridized carbons (Fsp3) is 0.947. The van der Waals surface area contributed by atoms with Crippen LogP contribution < -0.4 is 16.0 Å². The Morgan fingerprint density at radius 3 is 2.56 bits per heavy atom. The number of likely N-dealkylation sites (tertiary alicyclic amines) is 1. The van der Waals surface area contributed by atoms with Crippen molar-refractivity contribution in [2.45, 2.75) is 58.5 Å². The van der Waals surface area contributed by atoms with Crippen molar-refractivity contribution in [3.8, 4) is 0 Å². The molecule has 2 rings (SSSR count). The SMILES string of the molecule is CCNC(=NCCNC(C)(C)C)NC1CCN(CC2CCOC2)CC1. The molecule has 146 valence electrons. The van der Waals surface area contributed by atoms with Crippen LogP contribution >= 0.6 is 0 Å². The molecule has 6 heteroatoms. The van der Waals surface area contributed by atoms with Crippen LogP contribution in [0.3, 0.4) is 0 Å². The van der Waals surface area contributed by atoms with Crippen LogP contribution in [0.5, 0.6) is 0 Å². The molecule has 2 fully saturated rings. The molecule has 0 aromatic carbocycles. The van der Waals surface area contributed by atoms with E-state index >= 15 is 0 Å². The molecule has 1 unspecified atom stereocenters. The lowest BCUT2D eigenvalue weighted by Gasteiger charge is -2.34. The molecule has 0 aliphatic carbocycles. The van der Waals surface area contributed by atoms with Crippen LogP contribution in [0.1, 0.15) is 47.0 Å². The number of guanidine groups is 1. The molecule has 0 amide bonds. The van der Waals surface area contributed by atoms with Crippen molar-refractivity contribution in [3.05, 3.63) is 0 Å². The number of nitrogens with one attached hydrogen (secondary N) is 3. The van der Waals surface area contributed by atoms with Gasteiger partial charge in [0.2, 0.25) is 0 Å². The lowest BCUT2D eigenvalue weighted by molar-refractivity contribution is 0.150. The Balaban J connectivity index is 1.68. The van der Waals surface area contributed by atoms with E-state index in [1.807, 2.05) is 0 Å². The minimum absolute atomic E-state index is 0.151. The van der Waals surface area contributed by atoms with Crippen LogP contribution in [0.4, 0.5) is 0 Å². The molecule has 0 bridgehead atoms. The molecule has 2 saturated heterocycles. The molecule has 0 aromatic heterocycles. The number of hydrogen-bond donors (Lipinski definition) is 3. The van der Waals surface area contributed by atoms with Gasteiger partial charge in [0.25, 0.3) is 0 Å². The van der Waals surface area contributed by atoms with Gasteiger partial charge < -0.3 is 25.6 Å². The Morgan fingerprint density at radius 1 is 1.20 bits per heavy atom. The molecule has 1 atom stereocenters. The summed E-state index contributed by atoms with van der Waals surface area (Å²) >= 11 is 0. The van der Waals surface area contributed by atoms with E-state index in [0.717, 1.165) is 44.7 Å². The first kappa shape index (κ1) is 20.5. The highest BCUT2D eigenvalue weighted by atomic mass is 16.5. The van der Waals surface area contributed by atoms with E-state index in [1.54, 1.807) is 0 Å². The highest BCUT2D eigenvalue weighted by Gasteiger charge is 2.24. The van der Waals surface area contributed by atoms with E-state index in [-0.39, 0.29) is 5.54 Å². The molecular weight excluding hydrogens is 314 g/mol. The number of hydrogen-bond acceptors (Lipinski definition) is 4. The molecule has 2 aliphatic heterocycles. The first-order valence-electron chi connectivity index (χ1n) is 10.1. The molecule has 3 N–H and O–H groups in total. The van der Waals surface area contributed by atoms with Gasteiger partial charge >= 0.3 is 0 Å². The first-order valence-corrected chi connectivity index (χ1v) is 10.1. The van der Waals surface area contributed by atoms with Crippen LogP contribution in [0, 0.1) is 5.92 Å². The Hall–Kier alpha value is -0.850. The lowest BCUT2D eigenvalue weighted by Crippen LogP contribution is -2.49. The topological polar surface area (TPSA) is 60.9 Å². The lowest BCUT2D eigenvalue weighted by atomic mass is 10.0. The second-order valence-corrected chi connectivity index (χ2v) is 8.39. The third-order valence-electron chi connectivity index (χ3n) is 4.85. The molecular formula is C19H39N5O. The van der Waals surface area contributed by atoms with E-state index in [0.29, 0.717) is 6.04 Å². The van der Waals surface area contributed by atoms with Crippen molar-refractivity contribution in [2.24, 2.45) is 10.9 Å². The minimum atomic E-state index is 0.151. The summed E-state index contributed by atoms with van der Waals surface area (Å²) in [5.41, 5.74) is 0.151. The van der Waals surface area contributed by atoms with Crippen molar-refractivity contribution in [1.29, 1.82) is 0 Å². The van der Waals surface area contributed by atoms with Gasteiger partial charge in [0.05, 0.1) is 13.2 Å². The van der Waals surface area contributed by atoms with Gasteiger partial charge in [-0.15, -0.1) is 0 Å². The van der Waals surface area contributed by atoms with Crippen LogP contribution in [0.25, 0.3) is 0 Å². The molecule has 2 aliphatic rings. The van der Waals surface area contributed by atoms with Crippen LogP contribution in [-0.4, -0.2) is 74.9 Å². The number of nitrogens with zero attached hydrogens (tertiary/aromatic N) is 2. The monoisotopic (exact) mass is 353 g/mol. The Bertz CT molecular complexity index is 393. The zero-order valence-electron chi connectivity index (χ0n) is 16.7. The summed E-state index contributed by atoms with van der Waals surface area (Å²) in [6, 6.07) is 0.532. The van der Waals surface area contributed by atoms with Crippen molar-refractivity contribution < 1.29 is 4.74 Å². The third-order valence-corrected chi connectivity index (χ3v) is 4.85. The number of piperidine rings is 1. The van der Waals surface area contributed by atoms with Gasteiger partial charge in [0, 0.05) is 50.9 Å². The van der Waals surface area contributed by atoms with Crippen LogP contribution in [0.15, 0.2) is 4.99 Å². The highest BCUT2D eigenvalue weighted by molar-refractivity contribution is 5.80. The first-order chi connectivity index (χ1) is 12.0. The predicted molar refractivity (Wildman–Crippen MR) is 105 cm³/mol. The number of aliphatic imine (C=N–C) groups is 1. The molecule has 25 heavy (non-hydrogen) atoms. The van der Waals surface area contributed by atoms with E-state index in [4.69, 9.17) is 9.73 Å². The van der Waals surface area contributed by atoms with Gasteiger partial charge in [0.1, 0.15) is 0 Å². The largest absolute Gasteiger partial charge is 0.381 e. The summed E-state index contributed by atoms with van der Waals surface area (Å²) in [6.45, 7) is 16.8. The smallest absolute Gasteiger partial charge is 0.191 e. The van der Waals surface area contributed by atoms with Gasteiger partial charge in [0.15, 0.2) is 5.96 Å². The van der Waals surface area contributed by atoms with Crippen molar-refractivity contribution >= 4 is 5.96 Å². The van der Waals surface area contributed by atoms with Crippen molar-refractivity contribution in [2.75, 3.05) is 52.5 Å². The Kier molecular flexibility index (Phi) is 8.46. The highest BCUT2D eigenvalue weighted by Crippen LogP contribution is 2.17. The third kappa shape index (κ3) is 8.38. The van der Waals surface area contributed by atoms with Gasteiger partial charge in [-0.05, 0) is 52.9 Å². The van der Waals surface area contributed by atoms with Gasteiger partial charge in [-0.3, -0.25) is 4.99 Å². The summed E-state index contributed by atoms with van der Waals surface area (Å²) in [6.07, 6.45) is 3.62. The summed E-state index contributed by atoms with van der Waals surface area (Å²) in [5, 5.41) is 10.5. The average molecular weight is 354 g/mol.